The van der Waals surface area contributed by atoms with Crippen LogP contribution in [-0.2, 0) is 0 Å². The van der Waals surface area contributed by atoms with Crippen molar-refractivity contribution >= 4 is 38.2 Å². The Balaban J connectivity index is 2.01. The summed E-state index contributed by atoms with van der Waals surface area (Å²) in [6.07, 6.45) is 1.82. The number of rotatable bonds is 3. The molecule has 0 amide bonds. The Labute approximate surface area is 132 Å². The predicted octanol–water partition coefficient (Wildman–Crippen LogP) is 4.75. The van der Waals surface area contributed by atoms with Crippen LogP contribution in [0.1, 0.15) is 18.5 Å². The van der Waals surface area contributed by atoms with E-state index in [4.69, 9.17) is 5.73 Å². The lowest BCUT2D eigenvalue weighted by atomic mass is 10.1. The number of hydrogen-bond acceptors (Lipinski definition) is 3. The molecule has 3 rings (SSSR count). The van der Waals surface area contributed by atoms with Gasteiger partial charge in [-0.15, -0.1) is 0 Å². The zero-order valence-corrected chi connectivity index (χ0v) is 13.3. The van der Waals surface area contributed by atoms with E-state index in [9.17, 15) is 0 Å². The normalized spacial score (nSPS) is 12.3. The van der Waals surface area contributed by atoms with E-state index in [1.165, 1.54) is 5.56 Å². The first-order valence-electron chi connectivity index (χ1n) is 6.80. The number of benzene rings is 2. The number of fused-ring (bicyclic) bond motifs is 1. The predicted molar refractivity (Wildman–Crippen MR) is 92.3 cm³/mol. The minimum Gasteiger partial charge on any atom is -0.399 e. The van der Waals surface area contributed by atoms with E-state index in [0.717, 1.165) is 26.8 Å². The summed E-state index contributed by atoms with van der Waals surface area (Å²) >= 11 is 3.54. The van der Waals surface area contributed by atoms with Gasteiger partial charge >= 0.3 is 0 Å². The molecule has 0 aliphatic carbocycles. The fourth-order valence-corrected chi connectivity index (χ4v) is 2.82. The molecule has 3 N–H and O–H groups in total. The number of anilines is 2. The van der Waals surface area contributed by atoms with Gasteiger partial charge in [0.15, 0.2) is 0 Å². The highest BCUT2D eigenvalue weighted by molar-refractivity contribution is 9.10. The van der Waals surface area contributed by atoms with Crippen LogP contribution in [0, 0.1) is 0 Å². The Morgan fingerprint density at radius 1 is 1.10 bits per heavy atom. The molecule has 1 heterocycles. The zero-order valence-electron chi connectivity index (χ0n) is 11.7. The lowest BCUT2D eigenvalue weighted by molar-refractivity contribution is 0.877. The maximum absolute atomic E-state index is 5.91. The van der Waals surface area contributed by atoms with Crippen molar-refractivity contribution in [2.24, 2.45) is 0 Å². The van der Waals surface area contributed by atoms with Crippen LogP contribution in [0.25, 0.3) is 10.8 Å². The van der Waals surface area contributed by atoms with Crippen LogP contribution in [0.15, 0.2) is 59.2 Å². The largest absolute Gasteiger partial charge is 0.399 e. The second kappa shape index (κ2) is 5.74. The van der Waals surface area contributed by atoms with Crippen molar-refractivity contribution in [1.82, 2.24) is 4.98 Å². The van der Waals surface area contributed by atoms with Gasteiger partial charge in [0, 0.05) is 33.2 Å². The Hall–Kier alpha value is -2.07. The summed E-state index contributed by atoms with van der Waals surface area (Å²) in [5.41, 5.74) is 7.87. The van der Waals surface area contributed by atoms with Gasteiger partial charge < -0.3 is 11.1 Å². The van der Waals surface area contributed by atoms with Crippen LogP contribution in [0.2, 0.25) is 0 Å². The second-order valence-electron chi connectivity index (χ2n) is 5.04. The molecule has 1 aromatic heterocycles. The van der Waals surface area contributed by atoms with Gasteiger partial charge in [-0.2, -0.15) is 0 Å². The smallest absolute Gasteiger partial charge is 0.134 e. The van der Waals surface area contributed by atoms with Gasteiger partial charge in [0.05, 0.1) is 0 Å². The number of nitrogen functional groups attached to an aromatic ring is 1. The van der Waals surface area contributed by atoms with E-state index >= 15 is 0 Å². The van der Waals surface area contributed by atoms with Crippen LogP contribution in [0.3, 0.4) is 0 Å². The summed E-state index contributed by atoms with van der Waals surface area (Å²) in [6, 6.07) is 16.3. The molecule has 106 valence electrons. The molecule has 1 unspecified atom stereocenters. The van der Waals surface area contributed by atoms with E-state index in [1.807, 2.05) is 42.6 Å². The van der Waals surface area contributed by atoms with Crippen LogP contribution in [-0.4, -0.2) is 4.98 Å². The third-order valence-electron chi connectivity index (χ3n) is 3.52. The molecule has 0 aliphatic rings. The fourth-order valence-electron chi connectivity index (χ4n) is 2.37. The molecular weight excluding hydrogens is 326 g/mol. The van der Waals surface area contributed by atoms with Crippen molar-refractivity contribution in [1.29, 1.82) is 0 Å². The van der Waals surface area contributed by atoms with E-state index in [2.05, 4.69) is 45.3 Å². The number of hydrogen-bond donors (Lipinski definition) is 2. The quantitative estimate of drug-likeness (QED) is 0.675. The molecule has 2 aromatic carbocycles. The molecule has 0 bridgehead atoms. The maximum Gasteiger partial charge on any atom is 0.134 e. The topological polar surface area (TPSA) is 50.9 Å². The Bertz CT molecular complexity index is 772. The number of pyridine rings is 1. The standard InChI is InChI=1S/C17H16BrN3/c1-11(12-5-3-2-4-6-12)21-17-15-9-13(19)7-8-14(15)16(18)10-20-17/h2-11H,19H2,1H3,(H,20,21). The summed E-state index contributed by atoms with van der Waals surface area (Å²) in [4.78, 5) is 4.50. The SMILES string of the molecule is CC(Nc1ncc(Br)c2ccc(N)cc12)c1ccccc1. The Morgan fingerprint density at radius 2 is 1.86 bits per heavy atom. The molecule has 0 aliphatic heterocycles. The third-order valence-corrected chi connectivity index (χ3v) is 4.15. The molecule has 3 aromatic rings. The highest BCUT2D eigenvalue weighted by Gasteiger charge is 2.10. The van der Waals surface area contributed by atoms with E-state index in [0.29, 0.717) is 0 Å². The van der Waals surface area contributed by atoms with Gasteiger partial charge in [-0.25, -0.2) is 4.98 Å². The van der Waals surface area contributed by atoms with Gasteiger partial charge in [-0.3, -0.25) is 0 Å². The average molecular weight is 342 g/mol. The molecule has 3 nitrogen and oxygen atoms in total. The van der Waals surface area contributed by atoms with Crippen molar-refractivity contribution in [3.05, 3.63) is 64.8 Å². The maximum atomic E-state index is 5.91. The summed E-state index contributed by atoms with van der Waals surface area (Å²) in [6.45, 7) is 2.12. The lowest BCUT2D eigenvalue weighted by Gasteiger charge is -2.17. The molecule has 1 atom stereocenters. The molecular formula is C17H16BrN3. The van der Waals surface area contributed by atoms with Crippen molar-refractivity contribution < 1.29 is 0 Å². The Morgan fingerprint density at radius 3 is 2.62 bits per heavy atom. The fraction of sp³-hybridized carbons (Fsp3) is 0.118. The average Bonchev–Trinajstić information content (AvgIpc) is 2.51. The van der Waals surface area contributed by atoms with Crippen LogP contribution in [0.5, 0.6) is 0 Å². The highest BCUT2D eigenvalue weighted by atomic mass is 79.9. The summed E-state index contributed by atoms with van der Waals surface area (Å²) in [7, 11) is 0. The highest BCUT2D eigenvalue weighted by Crippen LogP contribution is 2.31. The van der Waals surface area contributed by atoms with Crippen LogP contribution >= 0.6 is 15.9 Å². The number of nitrogens with zero attached hydrogens (tertiary/aromatic N) is 1. The summed E-state index contributed by atoms with van der Waals surface area (Å²) in [5, 5.41) is 5.59. The molecule has 0 radical (unpaired) electrons. The lowest BCUT2D eigenvalue weighted by Crippen LogP contribution is -2.08. The Kier molecular flexibility index (Phi) is 3.80. The molecule has 21 heavy (non-hydrogen) atoms. The molecule has 0 spiro atoms. The molecule has 0 saturated heterocycles. The molecule has 4 heteroatoms. The van der Waals surface area contributed by atoms with E-state index < -0.39 is 0 Å². The summed E-state index contributed by atoms with van der Waals surface area (Å²) in [5.74, 6) is 0.844. The van der Waals surface area contributed by atoms with Gasteiger partial charge in [-0.05, 0) is 40.5 Å². The van der Waals surface area contributed by atoms with Crippen molar-refractivity contribution in [2.75, 3.05) is 11.1 Å². The van der Waals surface area contributed by atoms with Crippen molar-refractivity contribution in [2.45, 2.75) is 13.0 Å². The monoisotopic (exact) mass is 341 g/mol. The second-order valence-corrected chi connectivity index (χ2v) is 5.89. The summed E-state index contributed by atoms with van der Waals surface area (Å²) < 4.78 is 0.968. The molecule has 0 fully saturated rings. The first-order chi connectivity index (χ1) is 10.1. The number of nitrogens with two attached hydrogens (primary N) is 1. The van der Waals surface area contributed by atoms with Gasteiger partial charge in [0.25, 0.3) is 0 Å². The molecule has 0 saturated carbocycles. The van der Waals surface area contributed by atoms with Crippen molar-refractivity contribution in [3.63, 3.8) is 0 Å². The number of aromatic nitrogens is 1. The van der Waals surface area contributed by atoms with Gasteiger partial charge in [-0.1, -0.05) is 36.4 Å². The first kappa shape index (κ1) is 13.9. The van der Waals surface area contributed by atoms with Gasteiger partial charge in [0.1, 0.15) is 5.82 Å². The van der Waals surface area contributed by atoms with Crippen molar-refractivity contribution in [3.8, 4) is 0 Å². The number of nitrogens with one attached hydrogen (secondary N) is 1. The van der Waals surface area contributed by atoms with E-state index in [-0.39, 0.29) is 6.04 Å². The zero-order chi connectivity index (χ0) is 14.8. The third kappa shape index (κ3) is 2.85. The number of halogens is 1. The van der Waals surface area contributed by atoms with Crippen LogP contribution < -0.4 is 11.1 Å². The van der Waals surface area contributed by atoms with E-state index in [1.54, 1.807) is 0 Å². The first-order valence-corrected chi connectivity index (χ1v) is 7.59. The minimum absolute atomic E-state index is 0.171. The van der Waals surface area contributed by atoms with Crippen LogP contribution in [0.4, 0.5) is 11.5 Å². The van der Waals surface area contributed by atoms with Gasteiger partial charge in [0.2, 0.25) is 0 Å². The minimum atomic E-state index is 0.171.